The second kappa shape index (κ2) is 12.3. The predicted molar refractivity (Wildman–Crippen MR) is 169 cm³/mol. The van der Waals surface area contributed by atoms with E-state index in [1.165, 1.54) is 4.90 Å². The molecule has 0 aliphatic carbocycles. The predicted octanol–water partition coefficient (Wildman–Crippen LogP) is 5.77. The van der Waals surface area contributed by atoms with Crippen LogP contribution in [0.1, 0.15) is 26.2 Å². The largest absolute Gasteiger partial charge is 0.462 e. The van der Waals surface area contributed by atoms with Crippen LogP contribution in [-0.2, 0) is 4.79 Å². The summed E-state index contributed by atoms with van der Waals surface area (Å²) in [6, 6.07) is 17.4. The van der Waals surface area contributed by atoms with Crippen LogP contribution in [0, 0.1) is 11.3 Å². The number of amides is 1. The first-order valence-electron chi connectivity index (χ1n) is 14.7. The van der Waals surface area contributed by atoms with Gasteiger partial charge in [-0.25, -0.2) is 9.37 Å². The highest BCUT2D eigenvalue weighted by atomic mass is 35.5. The molecular weight excluding hydrogens is 581 g/mol. The molecule has 6 rings (SSSR count). The monoisotopic (exact) mass is 613 g/mol. The van der Waals surface area contributed by atoms with Crippen molar-refractivity contribution >= 4 is 45.1 Å². The number of ether oxygens (including phenoxy) is 1. The summed E-state index contributed by atoms with van der Waals surface area (Å²) in [5, 5.41) is 12.8. The van der Waals surface area contributed by atoms with Crippen molar-refractivity contribution in [1.82, 2.24) is 24.8 Å². The van der Waals surface area contributed by atoms with E-state index in [2.05, 4.69) is 24.6 Å². The standard InChI is InChI=1S/C33H33ClFN7O2/c1-20-17-42(32(43)21(2)35)23(14-15-36)18-41(20)31-26-12-13-28(25-10-4-7-22-8-5-11-27(34)29(22)25)37-30(26)38-33(39-31)44-19-24-9-6-16-40(24)3/h4-5,7-8,10-13,20,23-24H,2,6,9,14,16-19H2,1,3H3. The number of hydrogen-bond acceptors (Lipinski definition) is 8. The van der Waals surface area contributed by atoms with Gasteiger partial charge in [0.1, 0.15) is 12.4 Å². The second-order valence-corrected chi connectivity index (χ2v) is 11.9. The molecule has 3 atom stereocenters. The molecule has 11 heteroatoms. The highest BCUT2D eigenvalue weighted by Crippen LogP contribution is 2.36. The van der Waals surface area contributed by atoms with Gasteiger partial charge in [-0.2, -0.15) is 15.2 Å². The number of likely N-dealkylation sites (tertiary alicyclic amines) is 1. The molecule has 3 unspecified atom stereocenters. The van der Waals surface area contributed by atoms with Crippen LogP contribution in [0.25, 0.3) is 33.1 Å². The van der Waals surface area contributed by atoms with Crippen molar-refractivity contribution in [3.63, 3.8) is 0 Å². The van der Waals surface area contributed by atoms with Gasteiger partial charge in [-0.05, 0) is 56.9 Å². The van der Waals surface area contributed by atoms with E-state index < -0.39 is 17.8 Å². The van der Waals surface area contributed by atoms with Gasteiger partial charge in [0.2, 0.25) is 0 Å². The Morgan fingerprint density at radius 3 is 2.66 bits per heavy atom. The first-order valence-corrected chi connectivity index (χ1v) is 15.1. The van der Waals surface area contributed by atoms with Crippen molar-refractivity contribution in [2.24, 2.45) is 0 Å². The maximum absolute atomic E-state index is 13.9. The molecular formula is C33H33ClFN7O2. The van der Waals surface area contributed by atoms with E-state index in [0.29, 0.717) is 34.2 Å². The number of rotatable bonds is 7. The molecule has 2 aliphatic heterocycles. The van der Waals surface area contributed by atoms with Gasteiger partial charge in [-0.3, -0.25) is 4.79 Å². The molecule has 0 N–H and O–H groups in total. The number of likely N-dealkylation sites (N-methyl/N-ethyl adjacent to an activating group) is 1. The average molecular weight is 614 g/mol. The van der Waals surface area contributed by atoms with Crippen molar-refractivity contribution in [3.8, 4) is 23.3 Å². The number of benzene rings is 2. The van der Waals surface area contributed by atoms with Crippen molar-refractivity contribution in [2.45, 2.75) is 44.3 Å². The number of pyridine rings is 1. The van der Waals surface area contributed by atoms with Gasteiger partial charge in [0.15, 0.2) is 11.5 Å². The summed E-state index contributed by atoms with van der Waals surface area (Å²) in [5.41, 5.74) is 2.03. The number of carbonyl (C=O) groups excluding carboxylic acids is 1. The number of piperazine rings is 1. The highest BCUT2D eigenvalue weighted by molar-refractivity contribution is 6.36. The number of nitrogens with zero attached hydrogens (tertiary/aromatic N) is 7. The van der Waals surface area contributed by atoms with Crippen LogP contribution >= 0.6 is 11.6 Å². The topological polar surface area (TPSA) is 98.5 Å². The van der Waals surface area contributed by atoms with Crippen molar-refractivity contribution in [2.75, 3.05) is 38.2 Å². The van der Waals surface area contributed by atoms with E-state index in [1.54, 1.807) is 0 Å². The van der Waals surface area contributed by atoms with E-state index in [9.17, 15) is 14.4 Å². The van der Waals surface area contributed by atoms with Gasteiger partial charge in [-0.1, -0.05) is 48.5 Å². The molecule has 1 amide bonds. The van der Waals surface area contributed by atoms with Crippen LogP contribution in [0.2, 0.25) is 5.02 Å². The number of halogens is 2. The Labute approximate surface area is 260 Å². The van der Waals surface area contributed by atoms with Crippen LogP contribution in [0.3, 0.4) is 0 Å². The third-order valence-electron chi connectivity index (χ3n) is 8.66. The Morgan fingerprint density at radius 2 is 1.93 bits per heavy atom. The van der Waals surface area contributed by atoms with E-state index in [1.807, 2.05) is 60.4 Å². The minimum absolute atomic E-state index is 0.0346. The quantitative estimate of drug-likeness (QED) is 0.242. The smallest absolute Gasteiger partial charge is 0.320 e. The summed E-state index contributed by atoms with van der Waals surface area (Å²) < 4.78 is 20.1. The lowest BCUT2D eigenvalue weighted by atomic mass is 10.0. The zero-order valence-corrected chi connectivity index (χ0v) is 25.5. The molecule has 2 fully saturated rings. The fourth-order valence-electron chi connectivity index (χ4n) is 6.30. The average Bonchev–Trinajstić information content (AvgIpc) is 3.43. The fraction of sp³-hybridized carbons (Fsp3) is 0.364. The zero-order valence-electron chi connectivity index (χ0n) is 24.7. The molecule has 2 aromatic heterocycles. The van der Waals surface area contributed by atoms with E-state index >= 15 is 0 Å². The molecule has 2 aliphatic rings. The van der Waals surface area contributed by atoms with Gasteiger partial charge in [0, 0.05) is 41.1 Å². The van der Waals surface area contributed by atoms with E-state index in [0.717, 1.165) is 35.7 Å². The number of carbonyl (C=O) groups is 1. The number of aromatic nitrogens is 3. The third-order valence-corrected chi connectivity index (χ3v) is 8.97. The lowest BCUT2D eigenvalue weighted by Crippen LogP contribution is -2.59. The minimum atomic E-state index is -1.04. The third kappa shape index (κ3) is 5.65. The Balaban J connectivity index is 1.44. The number of anilines is 1. The molecule has 0 spiro atoms. The van der Waals surface area contributed by atoms with Crippen LogP contribution in [-0.4, -0.2) is 82.1 Å². The summed E-state index contributed by atoms with van der Waals surface area (Å²) in [5.74, 6) is -1.26. The Morgan fingerprint density at radius 1 is 1.14 bits per heavy atom. The summed E-state index contributed by atoms with van der Waals surface area (Å²) in [7, 11) is 2.08. The molecule has 226 valence electrons. The Kier molecular flexibility index (Phi) is 8.34. The van der Waals surface area contributed by atoms with Crippen LogP contribution in [0.15, 0.2) is 60.9 Å². The summed E-state index contributed by atoms with van der Waals surface area (Å²) >= 11 is 6.64. The van der Waals surface area contributed by atoms with E-state index in [4.69, 9.17) is 31.3 Å². The van der Waals surface area contributed by atoms with Gasteiger partial charge < -0.3 is 19.4 Å². The van der Waals surface area contributed by atoms with Gasteiger partial charge in [0.05, 0.1) is 29.6 Å². The first-order chi connectivity index (χ1) is 21.2. The lowest BCUT2D eigenvalue weighted by Gasteiger charge is -2.45. The SMILES string of the molecule is C=C(F)C(=O)N1CC(C)N(c2nc(OCC3CCCN3C)nc3nc(-c4cccc5cccc(Cl)c45)ccc23)CC1CC#N. The Hall–Kier alpha value is -4.33. The van der Waals surface area contributed by atoms with Crippen molar-refractivity contribution < 1.29 is 13.9 Å². The van der Waals surface area contributed by atoms with Gasteiger partial charge >= 0.3 is 6.01 Å². The fourth-order valence-corrected chi connectivity index (χ4v) is 6.58. The molecule has 2 aromatic carbocycles. The molecule has 4 aromatic rings. The molecule has 4 heterocycles. The molecule has 0 bridgehead atoms. The molecule has 9 nitrogen and oxygen atoms in total. The van der Waals surface area contributed by atoms with Crippen LogP contribution in [0.5, 0.6) is 6.01 Å². The number of hydrogen-bond donors (Lipinski definition) is 0. The number of nitriles is 1. The van der Waals surface area contributed by atoms with Crippen molar-refractivity contribution in [3.05, 3.63) is 66.0 Å². The highest BCUT2D eigenvalue weighted by Gasteiger charge is 2.37. The lowest BCUT2D eigenvalue weighted by molar-refractivity contribution is -0.131. The van der Waals surface area contributed by atoms with Gasteiger partial charge in [0.25, 0.3) is 5.91 Å². The number of fused-ring (bicyclic) bond motifs is 2. The summed E-state index contributed by atoms with van der Waals surface area (Å²) in [6.45, 7) is 7.04. The van der Waals surface area contributed by atoms with Gasteiger partial charge in [-0.15, -0.1) is 0 Å². The minimum Gasteiger partial charge on any atom is -0.462 e. The summed E-state index contributed by atoms with van der Waals surface area (Å²) in [6.07, 6.45) is 2.18. The van der Waals surface area contributed by atoms with Crippen LogP contribution < -0.4 is 9.64 Å². The van der Waals surface area contributed by atoms with E-state index in [-0.39, 0.29) is 37.6 Å². The van der Waals surface area contributed by atoms with Crippen LogP contribution in [0.4, 0.5) is 10.2 Å². The zero-order chi connectivity index (χ0) is 31.0. The summed E-state index contributed by atoms with van der Waals surface area (Å²) in [4.78, 5) is 32.9. The molecule has 2 saturated heterocycles. The first kappa shape index (κ1) is 29.7. The molecule has 0 radical (unpaired) electrons. The Bertz CT molecular complexity index is 1790. The van der Waals surface area contributed by atoms with Crippen molar-refractivity contribution in [1.29, 1.82) is 5.26 Å². The normalized spacial score (nSPS) is 20.7. The maximum atomic E-state index is 13.9. The second-order valence-electron chi connectivity index (χ2n) is 11.5. The molecule has 0 saturated carbocycles. The maximum Gasteiger partial charge on any atom is 0.320 e. The molecule has 44 heavy (non-hydrogen) atoms.